The predicted octanol–water partition coefficient (Wildman–Crippen LogP) is 4.17. The number of alkyl halides is 3. The van der Waals surface area contributed by atoms with Crippen molar-refractivity contribution in [1.82, 2.24) is 0 Å². The average Bonchev–Trinajstić information content (AvgIpc) is 2.65. The second kappa shape index (κ2) is 9.88. The van der Waals surface area contributed by atoms with Crippen molar-refractivity contribution in [3.8, 4) is 0 Å². The predicted molar refractivity (Wildman–Crippen MR) is 110 cm³/mol. The van der Waals surface area contributed by atoms with Crippen molar-refractivity contribution in [2.45, 2.75) is 63.2 Å². The summed E-state index contributed by atoms with van der Waals surface area (Å²) >= 11 is 17.2. The number of carbonyl (C=O) groups is 1. The summed E-state index contributed by atoms with van der Waals surface area (Å²) in [6.45, 7) is 10.7. The molecule has 0 aromatic carbocycles. The molecule has 0 spiro atoms. The highest BCUT2D eigenvalue weighted by molar-refractivity contribution is 6.76. The lowest BCUT2D eigenvalue weighted by Gasteiger charge is -2.46. The SMILES string of the molecule is COC(=O)C1O[C@H](OC(=N)C(Cl)(Cl)Cl)[C@@H](C)C(O[C@H]2OC[C@@H](C)C(C)[C@@H]2C)[C@@H]1C. The molecule has 9 atom stereocenters. The molecule has 2 aliphatic heterocycles. The minimum atomic E-state index is -2.05. The third-order valence-electron chi connectivity index (χ3n) is 6.12. The van der Waals surface area contributed by atoms with E-state index in [1.165, 1.54) is 7.11 Å². The first-order valence-electron chi connectivity index (χ1n) is 9.71. The van der Waals surface area contributed by atoms with Crippen LogP contribution in [0.2, 0.25) is 0 Å². The van der Waals surface area contributed by atoms with Crippen LogP contribution in [-0.2, 0) is 28.5 Å². The van der Waals surface area contributed by atoms with Gasteiger partial charge in [-0.05, 0) is 11.8 Å². The molecule has 2 aliphatic rings. The van der Waals surface area contributed by atoms with Gasteiger partial charge in [-0.15, -0.1) is 0 Å². The highest BCUT2D eigenvalue weighted by atomic mass is 35.6. The Hall–Kier alpha value is -0.310. The zero-order chi connectivity index (χ0) is 22.1. The maximum Gasteiger partial charge on any atom is 0.335 e. The Bertz CT molecular complexity index is 601. The summed E-state index contributed by atoms with van der Waals surface area (Å²) in [4.78, 5) is 12.3. The van der Waals surface area contributed by atoms with Gasteiger partial charge in [-0.3, -0.25) is 5.41 Å². The number of ether oxygens (including phenoxy) is 5. The van der Waals surface area contributed by atoms with Crippen LogP contribution >= 0.6 is 34.8 Å². The van der Waals surface area contributed by atoms with E-state index in [0.29, 0.717) is 18.4 Å². The number of hydrogen-bond acceptors (Lipinski definition) is 7. The van der Waals surface area contributed by atoms with E-state index in [1.54, 1.807) is 0 Å². The van der Waals surface area contributed by atoms with Crippen LogP contribution in [0.3, 0.4) is 0 Å². The molecule has 0 aromatic rings. The van der Waals surface area contributed by atoms with E-state index in [4.69, 9.17) is 63.9 Å². The molecule has 0 radical (unpaired) electrons. The minimum Gasteiger partial charge on any atom is -0.467 e. The maximum atomic E-state index is 12.3. The van der Waals surface area contributed by atoms with Crippen LogP contribution < -0.4 is 0 Å². The summed E-state index contributed by atoms with van der Waals surface area (Å²) in [7, 11) is 1.28. The molecule has 168 valence electrons. The van der Waals surface area contributed by atoms with Gasteiger partial charge in [0.2, 0.25) is 12.2 Å². The van der Waals surface area contributed by atoms with Gasteiger partial charge < -0.3 is 23.7 Å². The number of methoxy groups -OCH3 is 1. The second-order valence-corrected chi connectivity index (χ2v) is 10.4. The molecule has 0 aromatic heterocycles. The van der Waals surface area contributed by atoms with E-state index >= 15 is 0 Å². The Labute approximate surface area is 187 Å². The zero-order valence-corrected chi connectivity index (χ0v) is 19.8. The lowest BCUT2D eigenvalue weighted by atomic mass is 9.82. The summed E-state index contributed by atoms with van der Waals surface area (Å²) in [6, 6.07) is 0. The molecule has 2 rings (SSSR count). The van der Waals surface area contributed by atoms with Crippen LogP contribution in [0, 0.1) is 35.0 Å². The number of carbonyl (C=O) groups excluding carboxylic acids is 1. The van der Waals surface area contributed by atoms with E-state index in [-0.39, 0.29) is 17.8 Å². The van der Waals surface area contributed by atoms with Crippen LogP contribution in [0.25, 0.3) is 0 Å². The first kappa shape index (κ1) is 25.0. The average molecular weight is 475 g/mol. The molecule has 0 saturated carbocycles. The summed E-state index contributed by atoms with van der Waals surface area (Å²) in [5, 5.41) is 7.85. The molecule has 2 fully saturated rings. The summed E-state index contributed by atoms with van der Waals surface area (Å²) in [5.41, 5.74) is 0. The molecule has 0 amide bonds. The van der Waals surface area contributed by atoms with E-state index < -0.39 is 40.4 Å². The van der Waals surface area contributed by atoms with Crippen LogP contribution in [0.1, 0.15) is 34.6 Å². The van der Waals surface area contributed by atoms with Crippen molar-refractivity contribution in [3.05, 3.63) is 0 Å². The lowest BCUT2D eigenvalue weighted by Crippen LogP contribution is -2.56. The first-order chi connectivity index (χ1) is 13.4. The molecule has 0 aliphatic carbocycles. The fraction of sp³-hybridized carbons (Fsp3) is 0.895. The van der Waals surface area contributed by atoms with Gasteiger partial charge in [0, 0.05) is 17.8 Å². The van der Waals surface area contributed by atoms with Crippen LogP contribution in [0.15, 0.2) is 0 Å². The van der Waals surface area contributed by atoms with Gasteiger partial charge in [0.1, 0.15) is 0 Å². The van der Waals surface area contributed by atoms with Crippen molar-refractivity contribution >= 4 is 46.7 Å². The molecule has 10 heteroatoms. The van der Waals surface area contributed by atoms with Crippen LogP contribution in [0.5, 0.6) is 0 Å². The number of hydrogen-bond donors (Lipinski definition) is 1. The van der Waals surface area contributed by atoms with Gasteiger partial charge in [-0.1, -0.05) is 69.4 Å². The first-order valence-corrected chi connectivity index (χ1v) is 10.8. The van der Waals surface area contributed by atoms with Crippen molar-refractivity contribution in [2.75, 3.05) is 13.7 Å². The molecule has 1 N–H and O–H groups in total. The molecule has 3 unspecified atom stereocenters. The monoisotopic (exact) mass is 473 g/mol. The molecular weight excluding hydrogens is 445 g/mol. The number of nitrogens with one attached hydrogen (secondary N) is 1. The topological polar surface area (TPSA) is 87.1 Å². The summed E-state index contributed by atoms with van der Waals surface area (Å²) in [5.74, 6) is -0.865. The Kier molecular flexibility index (Phi) is 8.50. The third-order valence-corrected chi connectivity index (χ3v) is 6.63. The van der Waals surface area contributed by atoms with Gasteiger partial charge in [0.05, 0.1) is 19.8 Å². The van der Waals surface area contributed by atoms with Gasteiger partial charge in [-0.2, -0.15) is 0 Å². The van der Waals surface area contributed by atoms with Crippen LogP contribution in [0.4, 0.5) is 0 Å². The highest BCUT2D eigenvalue weighted by Crippen LogP contribution is 2.39. The van der Waals surface area contributed by atoms with E-state index in [9.17, 15) is 4.79 Å². The van der Waals surface area contributed by atoms with Crippen molar-refractivity contribution in [3.63, 3.8) is 0 Å². The largest absolute Gasteiger partial charge is 0.467 e. The Morgan fingerprint density at radius 1 is 1.00 bits per heavy atom. The number of rotatable bonds is 4. The van der Waals surface area contributed by atoms with E-state index in [0.717, 1.165) is 0 Å². The Morgan fingerprint density at radius 2 is 1.62 bits per heavy atom. The van der Waals surface area contributed by atoms with Crippen molar-refractivity contribution in [2.24, 2.45) is 29.6 Å². The van der Waals surface area contributed by atoms with Crippen LogP contribution in [-0.4, -0.2) is 54.2 Å². The fourth-order valence-corrected chi connectivity index (χ4v) is 3.92. The third kappa shape index (κ3) is 5.69. The molecular formula is C19H30Cl3NO6. The fourth-order valence-electron chi connectivity index (χ4n) is 3.78. The lowest BCUT2D eigenvalue weighted by molar-refractivity contribution is -0.299. The van der Waals surface area contributed by atoms with E-state index in [1.807, 2.05) is 13.8 Å². The molecule has 2 heterocycles. The maximum absolute atomic E-state index is 12.3. The summed E-state index contributed by atoms with van der Waals surface area (Å²) in [6.07, 6.45) is -2.88. The molecule has 7 nitrogen and oxygen atoms in total. The number of esters is 1. The molecule has 29 heavy (non-hydrogen) atoms. The smallest absolute Gasteiger partial charge is 0.335 e. The molecule has 2 saturated heterocycles. The molecule has 0 bridgehead atoms. The van der Waals surface area contributed by atoms with Gasteiger partial charge in [-0.25, -0.2) is 4.79 Å². The normalized spacial score (nSPS) is 40.9. The van der Waals surface area contributed by atoms with E-state index in [2.05, 4.69) is 20.8 Å². The Balaban J connectivity index is 2.23. The quantitative estimate of drug-likeness (QED) is 0.285. The number of halogens is 3. The van der Waals surface area contributed by atoms with Crippen molar-refractivity contribution < 1.29 is 28.5 Å². The van der Waals surface area contributed by atoms with Gasteiger partial charge in [0.25, 0.3) is 3.79 Å². The Morgan fingerprint density at radius 3 is 2.17 bits per heavy atom. The van der Waals surface area contributed by atoms with Gasteiger partial charge >= 0.3 is 5.97 Å². The zero-order valence-electron chi connectivity index (χ0n) is 17.5. The second-order valence-electron chi connectivity index (χ2n) is 8.11. The highest BCUT2D eigenvalue weighted by Gasteiger charge is 2.50. The standard InChI is InChI=1S/C19H30Cl3NO6/c1-8-7-26-16(10(3)9(8)2)27-13-11(4)14(15(24)25-6)28-17(12(13)5)29-18(23)19(20,21)22/h8-14,16-17,23H,7H2,1-6H3/t8-,9?,10+,11+,12+,13?,14?,16-,17-/m1/s1. The van der Waals surface area contributed by atoms with Gasteiger partial charge in [0.15, 0.2) is 12.4 Å². The van der Waals surface area contributed by atoms with Crippen molar-refractivity contribution in [1.29, 1.82) is 5.41 Å². The minimum absolute atomic E-state index is 0.163. The summed E-state index contributed by atoms with van der Waals surface area (Å²) < 4.78 is 26.4.